The van der Waals surface area contributed by atoms with E-state index in [2.05, 4.69) is 20.8 Å². The third-order valence-electron chi connectivity index (χ3n) is 8.15. The van der Waals surface area contributed by atoms with Crippen LogP contribution in [0, 0.1) is 0 Å². The molecule has 0 bridgehead atoms. The van der Waals surface area contributed by atoms with E-state index in [0.717, 1.165) is 64.2 Å². The lowest BCUT2D eigenvalue weighted by atomic mass is 9.93. The van der Waals surface area contributed by atoms with Crippen molar-refractivity contribution in [2.75, 3.05) is 13.2 Å². The molecule has 6 heteroatoms. The molecule has 1 rings (SSSR count). The zero-order valence-electron chi connectivity index (χ0n) is 27.8. The van der Waals surface area contributed by atoms with E-state index in [4.69, 9.17) is 9.47 Å². The zero-order valence-corrected chi connectivity index (χ0v) is 27.8. The van der Waals surface area contributed by atoms with Crippen LogP contribution < -0.4 is 0 Å². The molecule has 0 radical (unpaired) electrons. The van der Waals surface area contributed by atoms with Gasteiger partial charge in [-0.3, -0.25) is 0 Å². The van der Waals surface area contributed by atoms with Crippen LogP contribution in [0.15, 0.2) is 12.1 Å². The Morgan fingerprint density at radius 1 is 0.535 bits per heavy atom. The van der Waals surface area contributed by atoms with Gasteiger partial charge < -0.3 is 14.6 Å². The summed E-state index contributed by atoms with van der Waals surface area (Å²) in [5.41, 5.74) is 0.760. The fourth-order valence-electron chi connectivity index (χ4n) is 5.47. The van der Waals surface area contributed by atoms with Crippen molar-refractivity contribution in [1.29, 1.82) is 0 Å². The second-order valence-electron chi connectivity index (χ2n) is 12.1. The number of benzene rings is 1. The van der Waals surface area contributed by atoms with Crippen molar-refractivity contribution >= 4 is 17.9 Å². The highest BCUT2D eigenvalue weighted by Gasteiger charge is 2.26. The summed E-state index contributed by atoms with van der Waals surface area (Å²) >= 11 is 0. The lowest BCUT2D eigenvalue weighted by molar-refractivity contribution is 0.0448. The molecule has 0 amide bonds. The summed E-state index contributed by atoms with van der Waals surface area (Å²) in [5.74, 6) is -2.32. The largest absolute Gasteiger partial charge is 0.478 e. The summed E-state index contributed by atoms with van der Waals surface area (Å²) in [4.78, 5) is 38.6. The third-order valence-corrected chi connectivity index (χ3v) is 8.15. The van der Waals surface area contributed by atoms with Gasteiger partial charge in [0.05, 0.1) is 29.9 Å². The minimum absolute atomic E-state index is 0.000338. The van der Waals surface area contributed by atoms with E-state index in [9.17, 15) is 19.5 Å². The van der Waals surface area contributed by atoms with E-state index in [-0.39, 0.29) is 29.9 Å². The molecule has 1 aromatic rings. The predicted octanol–water partition coefficient (Wildman–Crippen LogP) is 10.9. The van der Waals surface area contributed by atoms with Crippen molar-refractivity contribution in [2.45, 2.75) is 168 Å². The van der Waals surface area contributed by atoms with Crippen LogP contribution in [-0.4, -0.2) is 36.2 Å². The van der Waals surface area contributed by atoms with Gasteiger partial charge in [0.25, 0.3) is 0 Å². The first-order valence-corrected chi connectivity index (χ1v) is 17.7. The van der Waals surface area contributed by atoms with Crippen LogP contribution in [0.25, 0.3) is 0 Å². The number of aromatic carboxylic acids is 1. The van der Waals surface area contributed by atoms with Crippen LogP contribution in [0.5, 0.6) is 0 Å². The van der Waals surface area contributed by atoms with Gasteiger partial charge in [-0.25, -0.2) is 14.4 Å². The van der Waals surface area contributed by atoms with Gasteiger partial charge in [0.15, 0.2) is 0 Å². The van der Waals surface area contributed by atoms with Gasteiger partial charge in [-0.05, 0) is 43.4 Å². The van der Waals surface area contributed by atoms with Gasteiger partial charge in [0.1, 0.15) is 0 Å². The molecule has 1 N–H and O–H groups in total. The Balaban J connectivity index is 2.88. The predicted molar refractivity (Wildman–Crippen MR) is 176 cm³/mol. The Kier molecular flexibility index (Phi) is 23.4. The highest BCUT2D eigenvalue weighted by Crippen LogP contribution is 2.24. The van der Waals surface area contributed by atoms with E-state index in [1.807, 2.05) is 0 Å². The first kappa shape index (κ1) is 38.7. The minimum Gasteiger partial charge on any atom is -0.478 e. The third kappa shape index (κ3) is 18.1. The van der Waals surface area contributed by atoms with Gasteiger partial charge in [-0.15, -0.1) is 0 Å². The van der Waals surface area contributed by atoms with E-state index >= 15 is 0 Å². The van der Waals surface area contributed by atoms with Crippen molar-refractivity contribution in [2.24, 2.45) is 0 Å². The Morgan fingerprint density at radius 2 is 0.930 bits per heavy atom. The molecule has 0 aromatic heterocycles. The Bertz CT molecular complexity index is 893. The lowest BCUT2D eigenvalue weighted by Crippen LogP contribution is -2.19. The normalized spacial score (nSPS) is 11.0. The van der Waals surface area contributed by atoms with Crippen LogP contribution in [0.4, 0.5) is 0 Å². The van der Waals surface area contributed by atoms with Gasteiger partial charge in [-0.2, -0.15) is 0 Å². The number of esters is 2. The number of rotatable bonds is 28. The highest BCUT2D eigenvalue weighted by atomic mass is 16.5. The van der Waals surface area contributed by atoms with E-state index in [0.29, 0.717) is 12.0 Å². The van der Waals surface area contributed by atoms with Gasteiger partial charge in [-0.1, -0.05) is 143 Å². The molecular weight excluding hydrogens is 540 g/mol. The molecule has 0 unspecified atom stereocenters. The monoisotopic (exact) mass is 602 g/mol. The fraction of sp³-hybridized carbons (Fsp3) is 0.757. The summed E-state index contributed by atoms with van der Waals surface area (Å²) in [5, 5.41) is 9.79. The van der Waals surface area contributed by atoms with Crippen LogP contribution in [0.3, 0.4) is 0 Å². The molecule has 6 nitrogen and oxygen atoms in total. The summed E-state index contributed by atoms with van der Waals surface area (Å²) < 4.78 is 11.3. The molecule has 0 spiro atoms. The average Bonchev–Trinajstić information content (AvgIpc) is 3.00. The lowest BCUT2D eigenvalue weighted by Gasteiger charge is -2.16. The number of carboxylic acids is 1. The maximum absolute atomic E-state index is 13.4. The van der Waals surface area contributed by atoms with Crippen molar-refractivity contribution < 1.29 is 29.0 Å². The molecule has 0 heterocycles. The number of hydrogen-bond acceptors (Lipinski definition) is 5. The first-order chi connectivity index (χ1) is 21.0. The number of carboxylic acid groups (broad SMARTS) is 1. The van der Waals surface area contributed by atoms with E-state index < -0.39 is 17.9 Å². The van der Waals surface area contributed by atoms with Gasteiger partial charge in [0, 0.05) is 0 Å². The van der Waals surface area contributed by atoms with Crippen molar-refractivity contribution in [1.82, 2.24) is 0 Å². The van der Waals surface area contributed by atoms with E-state index in [1.165, 1.54) is 89.2 Å². The molecule has 1 aromatic carbocycles. The Morgan fingerprint density at radius 3 is 1.37 bits per heavy atom. The number of carbonyl (C=O) groups excluding carboxylic acids is 2. The summed E-state index contributed by atoms with van der Waals surface area (Å²) in [7, 11) is 0. The molecule has 0 aliphatic carbocycles. The first-order valence-electron chi connectivity index (χ1n) is 17.7. The molecule has 0 aliphatic rings. The number of hydrogen-bond donors (Lipinski definition) is 1. The molecule has 43 heavy (non-hydrogen) atoms. The highest BCUT2D eigenvalue weighted by molar-refractivity contribution is 6.06. The smallest absolute Gasteiger partial charge is 0.339 e. The maximum atomic E-state index is 13.4. The zero-order chi connectivity index (χ0) is 31.5. The fourth-order valence-corrected chi connectivity index (χ4v) is 5.47. The standard InChI is InChI=1S/C37H62O6/c1-4-7-10-13-16-18-21-24-27-42-36(40)33-30-32(35(38)39)29-31(26-23-20-15-12-9-6-3)34(33)37(41)43-28-25-22-19-17-14-11-8-5-2/h29-30H,4-28H2,1-3H3,(H,38,39). The van der Waals surface area contributed by atoms with Crippen LogP contribution in [0.1, 0.15) is 199 Å². The van der Waals surface area contributed by atoms with Crippen molar-refractivity contribution in [3.63, 3.8) is 0 Å². The number of ether oxygens (including phenoxy) is 2. The van der Waals surface area contributed by atoms with Gasteiger partial charge >= 0.3 is 17.9 Å². The summed E-state index contributed by atoms with van der Waals surface area (Å²) in [6, 6.07) is 2.83. The molecule has 0 saturated carbocycles. The molecule has 0 atom stereocenters. The summed E-state index contributed by atoms with van der Waals surface area (Å²) in [6.45, 7) is 7.14. The molecule has 0 saturated heterocycles. The quantitative estimate of drug-likeness (QED) is 0.0758. The number of unbranched alkanes of at least 4 members (excludes halogenated alkanes) is 19. The van der Waals surface area contributed by atoms with Crippen molar-refractivity contribution in [3.8, 4) is 0 Å². The topological polar surface area (TPSA) is 89.9 Å². The number of aryl methyl sites for hydroxylation is 1. The van der Waals surface area contributed by atoms with Crippen LogP contribution >= 0.6 is 0 Å². The second-order valence-corrected chi connectivity index (χ2v) is 12.1. The van der Waals surface area contributed by atoms with Crippen LogP contribution in [-0.2, 0) is 15.9 Å². The molecule has 0 aliphatic heterocycles. The van der Waals surface area contributed by atoms with Gasteiger partial charge in [0.2, 0.25) is 0 Å². The Labute approximate surface area is 262 Å². The minimum atomic E-state index is -1.12. The van der Waals surface area contributed by atoms with Crippen LogP contribution in [0.2, 0.25) is 0 Å². The SMILES string of the molecule is CCCCCCCCCCOC(=O)c1cc(C(=O)O)cc(CCCCCCCC)c1C(=O)OCCCCCCCCCC. The second kappa shape index (κ2) is 26.1. The maximum Gasteiger partial charge on any atom is 0.339 e. The number of carbonyl (C=O) groups is 3. The molecule has 246 valence electrons. The van der Waals surface area contributed by atoms with Crippen molar-refractivity contribution in [3.05, 3.63) is 34.4 Å². The Hall–Kier alpha value is -2.37. The molecular formula is C37H62O6. The summed E-state index contributed by atoms with van der Waals surface area (Å²) in [6.07, 6.45) is 25.1. The molecule has 0 fully saturated rings. The average molecular weight is 603 g/mol. The van der Waals surface area contributed by atoms with E-state index in [1.54, 1.807) is 0 Å².